The van der Waals surface area contributed by atoms with Crippen molar-refractivity contribution in [2.24, 2.45) is 0 Å². The number of fused-ring (bicyclic) bond motifs is 1. The molecular weight excluding hydrogens is 314 g/mol. The lowest BCUT2D eigenvalue weighted by molar-refractivity contribution is 0.194. The zero-order chi connectivity index (χ0) is 16.8. The minimum atomic E-state index is 0.517. The summed E-state index contributed by atoms with van der Waals surface area (Å²) in [6.45, 7) is 5.11. The van der Waals surface area contributed by atoms with Gasteiger partial charge >= 0.3 is 0 Å². The third-order valence-corrected chi connectivity index (χ3v) is 5.45. The van der Waals surface area contributed by atoms with Gasteiger partial charge in [0.1, 0.15) is 5.82 Å². The second kappa shape index (κ2) is 5.91. The smallest absolute Gasteiger partial charge is 0.165 e. The number of rotatable bonds is 4. The number of aromatic amines is 1. The summed E-state index contributed by atoms with van der Waals surface area (Å²) in [5, 5.41) is 12.2. The summed E-state index contributed by atoms with van der Waals surface area (Å²) in [6, 6.07) is 6.96. The lowest BCUT2D eigenvalue weighted by Crippen LogP contribution is -2.33. The van der Waals surface area contributed by atoms with Crippen LogP contribution in [0.3, 0.4) is 0 Å². The second-order valence-electron chi connectivity index (χ2n) is 7.46. The molecule has 0 unspecified atom stereocenters. The Hall–Kier alpha value is -2.28. The van der Waals surface area contributed by atoms with Crippen molar-refractivity contribution in [2.75, 3.05) is 13.1 Å². The molecule has 1 aliphatic carbocycles. The highest BCUT2D eigenvalue weighted by Gasteiger charge is 2.29. The number of hydrogen-bond acceptors (Lipinski definition) is 5. The van der Waals surface area contributed by atoms with Crippen molar-refractivity contribution in [3.05, 3.63) is 35.4 Å². The van der Waals surface area contributed by atoms with Crippen LogP contribution in [0.5, 0.6) is 0 Å². The molecule has 1 aromatic carbocycles. The molecule has 2 fully saturated rings. The van der Waals surface area contributed by atoms with Gasteiger partial charge in [-0.1, -0.05) is 6.07 Å². The van der Waals surface area contributed by atoms with Crippen LogP contribution in [0.15, 0.2) is 18.2 Å². The van der Waals surface area contributed by atoms with Crippen molar-refractivity contribution < 1.29 is 0 Å². The van der Waals surface area contributed by atoms with Crippen molar-refractivity contribution >= 4 is 11.0 Å². The molecule has 1 N–H and O–H groups in total. The molecule has 130 valence electrons. The number of aryl methyl sites for hydroxylation is 1. The van der Waals surface area contributed by atoms with E-state index in [0.717, 1.165) is 55.2 Å². The Kier molecular flexibility index (Phi) is 3.55. The van der Waals surface area contributed by atoms with Crippen molar-refractivity contribution in [1.82, 2.24) is 35.1 Å². The Morgan fingerprint density at radius 3 is 2.80 bits per heavy atom. The van der Waals surface area contributed by atoms with Gasteiger partial charge in [-0.3, -0.25) is 4.90 Å². The van der Waals surface area contributed by atoms with Crippen LogP contribution in [-0.2, 0) is 6.54 Å². The Bertz CT molecular complexity index is 884. The fraction of sp³-hybridized carbons (Fsp3) is 0.556. The first-order chi connectivity index (χ1) is 12.3. The fourth-order valence-electron chi connectivity index (χ4n) is 3.82. The molecule has 0 radical (unpaired) electrons. The third-order valence-electron chi connectivity index (χ3n) is 5.45. The van der Waals surface area contributed by atoms with E-state index < -0.39 is 0 Å². The molecule has 7 nitrogen and oxygen atoms in total. The van der Waals surface area contributed by atoms with Crippen LogP contribution >= 0.6 is 0 Å². The molecule has 7 heteroatoms. The van der Waals surface area contributed by atoms with Gasteiger partial charge in [0.2, 0.25) is 0 Å². The first kappa shape index (κ1) is 15.0. The quantitative estimate of drug-likeness (QED) is 0.792. The summed E-state index contributed by atoms with van der Waals surface area (Å²) in [6.07, 6.45) is 4.69. The van der Waals surface area contributed by atoms with Crippen molar-refractivity contribution in [2.45, 2.75) is 51.1 Å². The van der Waals surface area contributed by atoms with E-state index in [1.807, 2.05) is 4.68 Å². The van der Waals surface area contributed by atoms with E-state index in [4.69, 9.17) is 4.98 Å². The highest BCUT2D eigenvalue weighted by atomic mass is 15.6. The lowest BCUT2D eigenvalue weighted by Gasteiger charge is -2.30. The lowest BCUT2D eigenvalue weighted by atomic mass is 9.96. The summed E-state index contributed by atoms with van der Waals surface area (Å²) in [7, 11) is 0. The molecule has 3 heterocycles. The topological polar surface area (TPSA) is 75.5 Å². The minimum absolute atomic E-state index is 0.517. The molecule has 5 rings (SSSR count). The third kappa shape index (κ3) is 2.93. The van der Waals surface area contributed by atoms with Crippen LogP contribution in [0.1, 0.15) is 54.9 Å². The van der Waals surface area contributed by atoms with Gasteiger partial charge in [0.25, 0.3) is 0 Å². The summed E-state index contributed by atoms with van der Waals surface area (Å²) in [5.41, 5.74) is 3.50. The molecule has 2 aliphatic rings. The van der Waals surface area contributed by atoms with Gasteiger partial charge in [-0.15, -0.1) is 5.10 Å². The van der Waals surface area contributed by atoms with Crippen molar-refractivity contribution in [3.63, 3.8) is 0 Å². The molecule has 1 saturated carbocycles. The molecule has 2 aromatic heterocycles. The van der Waals surface area contributed by atoms with Crippen LogP contribution in [0.25, 0.3) is 11.0 Å². The van der Waals surface area contributed by atoms with Crippen LogP contribution in [-0.4, -0.2) is 48.2 Å². The predicted octanol–water partition coefficient (Wildman–Crippen LogP) is 2.57. The van der Waals surface area contributed by atoms with Gasteiger partial charge in [0.05, 0.1) is 23.6 Å². The molecule has 25 heavy (non-hydrogen) atoms. The van der Waals surface area contributed by atoms with E-state index in [9.17, 15) is 0 Å². The monoisotopic (exact) mass is 337 g/mol. The summed E-state index contributed by atoms with van der Waals surface area (Å²) in [5.74, 6) is 2.67. The largest absolute Gasteiger partial charge is 0.342 e. The highest BCUT2D eigenvalue weighted by molar-refractivity contribution is 5.75. The maximum Gasteiger partial charge on any atom is 0.165 e. The Morgan fingerprint density at radius 1 is 1.16 bits per heavy atom. The molecule has 0 spiro atoms. The molecule has 1 saturated heterocycles. The number of tetrazole rings is 1. The zero-order valence-electron chi connectivity index (χ0n) is 14.5. The number of H-pyrrole nitrogens is 1. The molecule has 0 atom stereocenters. The minimum Gasteiger partial charge on any atom is -0.342 e. The van der Waals surface area contributed by atoms with Gasteiger partial charge in [0.15, 0.2) is 5.82 Å². The average molecular weight is 337 g/mol. The normalized spacial score (nSPS) is 19.7. The van der Waals surface area contributed by atoms with E-state index in [1.165, 1.54) is 18.4 Å². The number of hydrogen-bond donors (Lipinski definition) is 1. The number of nitrogens with one attached hydrogen (secondary N) is 1. The van der Waals surface area contributed by atoms with E-state index in [2.05, 4.69) is 50.5 Å². The van der Waals surface area contributed by atoms with E-state index >= 15 is 0 Å². The van der Waals surface area contributed by atoms with Crippen LogP contribution in [0, 0.1) is 6.92 Å². The zero-order valence-corrected chi connectivity index (χ0v) is 14.5. The van der Waals surface area contributed by atoms with E-state index in [0.29, 0.717) is 12.0 Å². The summed E-state index contributed by atoms with van der Waals surface area (Å²) >= 11 is 0. The van der Waals surface area contributed by atoms with Gasteiger partial charge < -0.3 is 4.98 Å². The Morgan fingerprint density at radius 2 is 2.00 bits per heavy atom. The number of likely N-dealkylation sites (tertiary alicyclic amines) is 1. The Labute approximate surface area is 146 Å². The highest BCUT2D eigenvalue weighted by Crippen LogP contribution is 2.35. The fourth-order valence-corrected chi connectivity index (χ4v) is 3.82. The standard InChI is InChI=1S/C18H23N7/c1-12-2-5-15-16(10-12)20-18(19-15)13-6-8-24(9-7-13)11-17-21-22-23-25(17)14-3-4-14/h2,5,10,13-14H,3-4,6-9,11H2,1H3,(H,19,20). The van der Waals surface area contributed by atoms with Crippen molar-refractivity contribution in [3.8, 4) is 0 Å². The number of benzene rings is 1. The van der Waals surface area contributed by atoms with Gasteiger partial charge in [0, 0.05) is 5.92 Å². The van der Waals surface area contributed by atoms with Crippen LogP contribution in [0.4, 0.5) is 0 Å². The molecule has 1 aliphatic heterocycles. The van der Waals surface area contributed by atoms with Crippen LogP contribution < -0.4 is 0 Å². The Balaban J connectivity index is 1.25. The maximum absolute atomic E-state index is 4.81. The van der Waals surface area contributed by atoms with E-state index in [1.54, 1.807) is 0 Å². The summed E-state index contributed by atoms with van der Waals surface area (Å²) < 4.78 is 2.02. The van der Waals surface area contributed by atoms with E-state index in [-0.39, 0.29) is 0 Å². The van der Waals surface area contributed by atoms with Crippen LogP contribution in [0.2, 0.25) is 0 Å². The molecule has 0 bridgehead atoms. The first-order valence-electron chi connectivity index (χ1n) is 9.21. The summed E-state index contributed by atoms with van der Waals surface area (Å²) in [4.78, 5) is 10.8. The number of nitrogens with zero attached hydrogens (tertiary/aromatic N) is 6. The number of piperidine rings is 1. The van der Waals surface area contributed by atoms with Crippen molar-refractivity contribution in [1.29, 1.82) is 0 Å². The predicted molar refractivity (Wildman–Crippen MR) is 94.2 cm³/mol. The number of imidazole rings is 1. The molecule has 3 aromatic rings. The maximum atomic E-state index is 4.81. The van der Waals surface area contributed by atoms with Gasteiger partial charge in [-0.25, -0.2) is 9.67 Å². The molecular formula is C18H23N7. The van der Waals surface area contributed by atoms with Gasteiger partial charge in [-0.05, 0) is 73.8 Å². The SMILES string of the molecule is Cc1ccc2nc(C3CCN(Cc4nnnn4C4CC4)CC3)[nH]c2c1. The van der Waals surface area contributed by atoms with Gasteiger partial charge in [-0.2, -0.15) is 0 Å². The average Bonchev–Trinajstić information content (AvgIpc) is 3.21. The molecule has 0 amide bonds. The second-order valence-corrected chi connectivity index (χ2v) is 7.46. The first-order valence-corrected chi connectivity index (χ1v) is 9.21. The number of aromatic nitrogens is 6.